The maximum Gasteiger partial charge on any atom is 0.120 e. The zero-order valence-corrected chi connectivity index (χ0v) is 13.3. The Kier molecular flexibility index (Phi) is 4.84. The Labute approximate surface area is 129 Å². The van der Waals surface area contributed by atoms with E-state index in [1.165, 1.54) is 56.1 Å². The van der Waals surface area contributed by atoms with Gasteiger partial charge in [0.05, 0.1) is 0 Å². The highest BCUT2D eigenvalue weighted by Crippen LogP contribution is 2.31. The van der Waals surface area contributed by atoms with Crippen molar-refractivity contribution in [1.29, 1.82) is 0 Å². The predicted molar refractivity (Wildman–Crippen MR) is 87.7 cm³/mol. The number of hydrogen-bond donors (Lipinski definition) is 1. The number of aryl methyl sites for hydroxylation is 2. The molecule has 2 nitrogen and oxygen atoms in total. The summed E-state index contributed by atoms with van der Waals surface area (Å²) in [6, 6.07) is 6.89. The van der Waals surface area contributed by atoms with Crippen LogP contribution in [0.3, 0.4) is 0 Å². The molecule has 3 unspecified atom stereocenters. The normalized spacial score (nSPS) is 29.0. The van der Waals surface area contributed by atoms with E-state index in [4.69, 9.17) is 10.5 Å². The predicted octanol–water partition coefficient (Wildman–Crippen LogP) is 4.24. The molecule has 3 rings (SSSR count). The van der Waals surface area contributed by atoms with Crippen LogP contribution in [0.1, 0.15) is 63.0 Å². The third-order valence-corrected chi connectivity index (χ3v) is 5.26. The topological polar surface area (TPSA) is 35.2 Å². The fourth-order valence-corrected chi connectivity index (χ4v) is 4.00. The van der Waals surface area contributed by atoms with Crippen LogP contribution >= 0.6 is 0 Å². The van der Waals surface area contributed by atoms with E-state index in [-0.39, 0.29) is 12.1 Å². The Morgan fingerprint density at radius 2 is 1.95 bits per heavy atom. The standard InChI is InChI=1S/C19H29NO/c1-2-5-14-8-11-18(20)19(12-14)21-17-10-9-15-6-3-4-7-16(15)13-17/h9-10,13-14,18-19H,2-8,11-12,20H2,1H3. The number of rotatable bonds is 4. The lowest BCUT2D eigenvalue weighted by Gasteiger charge is -2.34. The highest BCUT2D eigenvalue weighted by Gasteiger charge is 2.29. The van der Waals surface area contributed by atoms with Crippen LogP contribution in [-0.4, -0.2) is 12.1 Å². The molecule has 0 amide bonds. The molecule has 2 heteroatoms. The highest BCUT2D eigenvalue weighted by atomic mass is 16.5. The van der Waals surface area contributed by atoms with Crippen LogP contribution < -0.4 is 10.5 Å². The van der Waals surface area contributed by atoms with E-state index in [1.54, 1.807) is 0 Å². The molecule has 0 radical (unpaired) electrons. The molecule has 0 aromatic heterocycles. The summed E-state index contributed by atoms with van der Waals surface area (Å²) in [5.41, 5.74) is 9.31. The molecule has 0 saturated heterocycles. The second-order valence-corrected chi connectivity index (χ2v) is 6.93. The van der Waals surface area contributed by atoms with E-state index < -0.39 is 0 Å². The summed E-state index contributed by atoms with van der Waals surface area (Å²) in [4.78, 5) is 0. The van der Waals surface area contributed by atoms with Crippen LogP contribution in [0.4, 0.5) is 0 Å². The molecule has 1 fully saturated rings. The van der Waals surface area contributed by atoms with E-state index >= 15 is 0 Å². The Morgan fingerprint density at radius 3 is 2.76 bits per heavy atom. The maximum atomic E-state index is 6.30. The molecule has 1 saturated carbocycles. The first-order valence-corrected chi connectivity index (χ1v) is 8.80. The number of benzene rings is 1. The summed E-state index contributed by atoms with van der Waals surface area (Å²) >= 11 is 0. The van der Waals surface area contributed by atoms with E-state index in [2.05, 4.69) is 25.1 Å². The summed E-state index contributed by atoms with van der Waals surface area (Å²) in [6.45, 7) is 2.27. The first-order chi connectivity index (χ1) is 10.3. The first-order valence-electron chi connectivity index (χ1n) is 8.80. The Bertz CT molecular complexity index is 471. The number of nitrogens with two attached hydrogens (primary N) is 1. The second kappa shape index (κ2) is 6.83. The van der Waals surface area contributed by atoms with Crippen LogP contribution in [0.5, 0.6) is 5.75 Å². The quantitative estimate of drug-likeness (QED) is 0.899. The van der Waals surface area contributed by atoms with Crippen molar-refractivity contribution in [3.63, 3.8) is 0 Å². The van der Waals surface area contributed by atoms with Crippen molar-refractivity contribution in [3.05, 3.63) is 29.3 Å². The fraction of sp³-hybridized carbons (Fsp3) is 0.684. The summed E-state index contributed by atoms with van der Waals surface area (Å²) in [7, 11) is 0. The van der Waals surface area contributed by atoms with Crippen LogP contribution in [0.2, 0.25) is 0 Å². The molecular weight excluding hydrogens is 258 g/mol. The average molecular weight is 287 g/mol. The highest BCUT2D eigenvalue weighted by molar-refractivity contribution is 5.37. The summed E-state index contributed by atoms with van der Waals surface area (Å²) in [6.07, 6.45) is 11.4. The molecule has 0 aliphatic heterocycles. The van der Waals surface area contributed by atoms with Gasteiger partial charge in [-0.3, -0.25) is 0 Å². The summed E-state index contributed by atoms with van der Waals surface area (Å²) in [5.74, 6) is 1.84. The van der Waals surface area contributed by atoms with Gasteiger partial charge in [-0.25, -0.2) is 0 Å². The van der Waals surface area contributed by atoms with Gasteiger partial charge in [0, 0.05) is 6.04 Å². The van der Waals surface area contributed by atoms with Crippen molar-refractivity contribution in [2.24, 2.45) is 11.7 Å². The molecule has 1 aromatic carbocycles. The van der Waals surface area contributed by atoms with Gasteiger partial charge >= 0.3 is 0 Å². The number of ether oxygens (including phenoxy) is 1. The monoisotopic (exact) mass is 287 g/mol. The van der Waals surface area contributed by atoms with Gasteiger partial charge in [0.15, 0.2) is 0 Å². The van der Waals surface area contributed by atoms with Crippen LogP contribution in [0.25, 0.3) is 0 Å². The van der Waals surface area contributed by atoms with Gasteiger partial charge in [0.2, 0.25) is 0 Å². The fourth-order valence-electron chi connectivity index (χ4n) is 4.00. The summed E-state index contributed by atoms with van der Waals surface area (Å²) in [5, 5.41) is 0. The Hall–Kier alpha value is -1.02. The van der Waals surface area contributed by atoms with Gasteiger partial charge in [-0.1, -0.05) is 25.8 Å². The average Bonchev–Trinajstić information content (AvgIpc) is 2.51. The SMILES string of the molecule is CCCC1CCC(N)C(Oc2ccc3c(c2)CCCC3)C1. The molecule has 116 valence electrons. The smallest absolute Gasteiger partial charge is 0.120 e. The van der Waals surface area contributed by atoms with Gasteiger partial charge in [-0.05, 0) is 74.1 Å². The van der Waals surface area contributed by atoms with Crippen molar-refractivity contribution in [3.8, 4) is 5.75 Å². The van der Waals surface area contributed by atoms with Crippen molar-refractivity contribution in [1.82, 2.24) is 0 Å². The molecule has 0 bridgehead atoms. The zero-order valence-electron chi connectivity index (χ0n) is 13.3. The minimum atomic E-state index is 0.203. The molecule has 2 aliphatic rings. The first kappa shape index (κ1) is 14.9. The lowest BCUT2D eigenvalue weighted by Crippen LogP contribution is -2.43. The van der Waals surface area contributed by atoms with Crippen LogP contribution in [-0.2, 0) is 12.8 Å². The molecular formula is C19H29NO. The van der Waals surface area contributed by atoms with E-state index in [9.17, 15) is 0 Å². The second-order valence-electron chi connectivity index (χ2n) is 6.93. The lowest BCUT2D eigenvalue weighted by atomic mass is 9.82. The van der Waals surface area contributed by atoms with Gasteiger partial charge < -0.3 is 10.5 Å². The zero-order chi connectivity index (χ0) is 14.7. The number of fused-ring (bicyclic) bond motifs is 1. The largest absolute Gasteiger partial charge is 0.489 e. The van der Waals surface area contributed by atoms with E-state index in [0.29, 0.717) is 0 Å². The van der Waals surface area contributed by atoms with E-state index in [0.717, 1.165) is 24.5 Å². The Morgan fingerprint density at radius 1 is 1.14 bits per heavy atom. The van der Waals surface area contributed by atoms with Crippen molar-refractivity contribution in [2.45, 2.75) is 76.9 Å². The molecule has 2 aliphatic carbocycles. The Balaban J connectivity index is 1.67. The van der Waals surface area contributed by atoms with Crippen molar-refractivity contribution < 1.29 is 4.74 Å². The molecule has 0 spiro atoms. The minimum absolute atomic E-state index is 0.203. The third kappa shape index (κ3) is 3.60. The van der Waals surface area contributed by atoms with Gasteiger partial charge in [-0.2, -0.15) is 0 Å². The lowest BCUT2D eigenvalue weighted by molar-refractivity contribution is 0.0992. The van der Waals surface area contributed by atoms with Gasteiger partial charge in [0.1, 0.15) is 11.9 Å². The molecule has 2 N–H and O–H groups in total. The van der Waals surface area contributed by atoms with Gasteiger partial charge in [0.25, 0.3) is 0 Å². The number of hydrogen-bond acceptors (Lipinski definition) is 2. The van der Waals surface area contributed by atoms with Crippen LogP contribution in [0.15, 0.2) is 18.2 Å². The molecule has 3 atom stereocenters. The van der Waals surface area contributed by atoms with Crippen molar-refractivity contribution in [2.75, 3.05) is 0 Å². The van der Waals surface area contributed by atoms with Crippen molar-refractivity contribution >= 4 is 0 Å². The van der Waals surface area contributed by atoms with Crippen LogP contribution in [0, 0.1) is 5.92 Å². The molecule has 1 aromatic rings. The summed E-state index contributed by atoms with van der Waals surface area (Å²) < 4.78 is 6.29. The van der Waals surface area contributed by atoms with E-state index in [1.807, 2.05) is 0 Å². The minimum Gasteiger partial charge on any atom is -0.489 e. The van der Waals surface area contributed by atoms with Gasteiger partial charge in [-0.15, -0.1) is 0 Å². The molecule has 21 heavy (non-hydrogen) atoms. The molecule has 0 heterocycles. The maximum absolute atomic E-state index is 6.30. The third-order valence-electron chi connectivity index (χ3n) is 5.26.